The van der Waals surface area contributed by atoms with Crippen LogP contribution in [0.3, 0.4) is 0 Å². The Bertz CT molecular complexity index is 6830. The number of fused-ring (bicyclic) bond motifs is 24. The van der Waals surface area contributed by atoms with Gasteiger partial charge in [-0.05, 0) is 222 Å². The highest BCUT2D eigenvalue weighted by Crippen LogP contribution is 2.69. The molecule has 0 radical (unpaired) electrons. The van der Waals surface area contributed by atoms with E-state index in [1.165, 1.54) is 117 Å². The maximum atomic E-state index is 2.77. The Morgan fingerprint density at radius 3 is 0.733 bits per heavy atom. The summed E-state index contributed by atoms with van der Waals surface area (Å²) >= 11 is 0. The van der Waals surface area contributed by atoms with Crippen LogP contribution < -0.4 is 31.1 Å². The minimum absolute atomic E-state index is 0.378. The maximum Gasteiger partial charge on any atom is 0.252 e. The fourth-order valence-corrected chi connectivity index (χ4v) is 22.1. The van der Waals surface area contributed by atoms with Gasteiger partial charge in [-0.15, -0.1) is 0 Å². The molecule has 0 bridgehead atoms. The number of rotatable bonds is 11. The number of benzene rings is 19. The van der Waals surface area contributed by atoms with Gasteiger partial charge in [0.2, 0.25) is 0 Å². The summed E-state index contributed by atoms with van der Waals surface area (Å²) in [5.74, 6) is 0. The van der Waals surface area contributed by atoms with E-state index in [1.807, 2.05) is 0 Å². The van der Waals surface area contributed by atoms with Gasteiger partial charge in [0.05, 0.1) is 27.9 Å². The normalized spacial score (nSPS) is 13.6. The molecular weight excluding hydrogens is 1450 g/mol. The Morgan fingerprint density at radius 2 is 0.425 bits per heavy atom. The van der Waals surface area contributed by atoms with E-state index < -0.39 is 10.8 Å². The van der Waals surface area contributed by atoms with Gasteiger partial charge < -0.3 is 14.7 Å². The topological polar surface area (TPSA) is 9.72 Å². The Labute approximate surface area is 699 Å². The van der Waals surface area contributed by atoms with Crippen molar-refractivity contribution in [2.24, 2.45) is 0 Å². The predicted octanol–water partition coefficient (Wildman–Crippen LogP) is 27.9. The van der Waals surface area contributed by atoms with Crippen LogP contribution in [-0.2, 0) is 10.8 Å². The molecule has 0 aromatic heterocycles. The standard InChI is InChI=1S/C116H74BN3/c1-7-33-75(34-8-1)77-61-65-83(66-62-77)118(84-67-63-78(64-68-84)76-35-9-2-10-36-76)85-69-110-114-111(70-85)120(107-60-32-52-93-91-50-24-30-58-103(91)116(113(93)107)100-55-27-21-47-88(100)89-48-22-28-56-101(89)116)109-74-97(82-43-17-6-18-44-82)95(80-39-13-4-14-40-80)72-105(109)117(114)104-71-94(79-37-11-3-12-38-79)96(81-41-15-5-16-42-81)73-108(104)119(110)106-59-31-51-92-90-49-23-29-57-102(90)115(112(92)106)98-53-25-19-45-86(98)87-46-20-26-54-99(87)115/h1-74H. The largest absolute Gasteiger partial charge is 0.311 e. The average Bonchev–Trinajstić information content (AvgIpc) is 1.45. The summed E-state index contributed by atoms with van der Waals surface area (Å²) in [5, 5.41) is 0. The van der Waals surface area contributed by atoms with Crippen LogP contribution in [0.25, 0.3) is 111 Å². The maximum absolute atomic E-state index is 2.77. The molecule has 19 aromatic rings. The molecular formula is C116H74BN3. The lowest BCUT2D eigenvalue weighted by molar-refractivity contribution is 0.792. The average molecular weight is 1520 g/mol. The zero-order valence-electron chi connectivity index (χ0n) is 65.6. The van der Waals surface area contributed by atoms with Gasteiger partial charge in [0.15, 0.2) is 0 Å². The van der Waals surface area contributed by atoms with Crippen molar-refractivity contribution in [3.63, 3.8) is 0 Å². The van der Waals surface area contributed by atoms with E-state index in [2.05, 4.69) is 464 Å². The van der Waals surface area contributed by atoms with E-state index in [1.54, 1.807) is 0 Å². The fourth-order valence-electron chi connectivity index (χ4n) is 22.1. The highest BCUT2D eigenvalue weighted by Gasteiger charge is 2.57. The minimum Gasteiger partial charge on any atom is -0.311 e. The van der Waals surface area contributed by atoms with Crippen LogP contribution in [0, 0.1) is 0 Å². The smallest absolute Gasteiger partial charge is 0.252 e. The van der Waals surface area contributed by atoms with Gasteiger partial charge in [0, 0.05) is 45.3 Å². The summed E-state index contributed by atoms with van der Waals surface area (Å²) in [4.78, 5) is 8.10. The third-order valence-corrected chi connectivity index (χ3v) is 26.9. The van der Waals surface area contributed by atoms with Gasteiger partial charge in [-0.25, -0.2) is 0 Å². The van der Waals surface area contributed by atoms with Crippen molar-refractivity contribution in [1.29, 1.82) is 0 Å². The fraction of sp³-hybridized carbons (Fsp3) is 0.0172. The van der Waals surface area contributed by atoms with Gasteiger partial charge in [0.1, 0.15) is 0 Å². The molecule has 4 aliphatic carbocycles. The highest BCUT2D eigenvalue weighted by molar-refractivity contribution is 7.00. The van der Waals surface area contributed by atoms with Crippen LogP contribution in [0.15, 0.2) is 449 Å². The van der Waals surface area contributed by atoms with Gasteiger partial charge in [-0.3, -0.25) is 0 Å². The quantitative estimate of drug-likeness (QED) is 0.120. The summed E-state index contributed by atoms with van der Waals surface area (Å²) in [6.45, 7) is -0.378. The summed E-state index contributed by atoms with van der Waals surface area (Å²) < 4.78 is 0. The molecule has 4 heteroatoms. The summed E-state index contributed by atoms with van der Waals surface area (Å²) in [5.41, 5.74) is 45.8. The van der Waals surface area contributed by atoms with E-state index in [0.29, 0.717) is 0 Å². The van der Waals surface area contributed by atoms with Crippen LogP contribution in [0.4, 0.5) is 51.2 Å². The lowest BCUT2D eigenvalue weighted by Crippen LogP contribution is -2.61. The van der Waals surface area contributed by atoms with Crippen molar-refractivity contribution >= 4 is 74.3 Å². The van der Waals surface area contributed by atoms with Crippen molar-refractivity contribution in [3.05, 3.63) is 493 Å². The van der Waals surface area contributed by atoms with Gasteiger partial charge in [0.25, 0.3) is 6.71 Å². The molecule has 2 spiro atoms. The van der Waals surface area contributed by atoms with Gasteiger partial charge in [-0.2, -0.15) is 0 Å². The van der Waals surface area contributed by atoms with E-state index in [4.69, 9.17) is 0 Å². The summed E-state index contributed by atoms with van der Waals surface area (Å²) in [6.07, 6.45) is 0. The Kier molecular flexibility index (Phi) is 15.1. The van der Waals surface area contributed by atoms with Crippen molar-refractivity contribution in [3.8, 4) is 111 Å². The molecule has 25 rings (SSSR count). The van der Waals surface area contributed by atoms with Crippen LogP contribution in [0.5, 0.6) is 0 Å². The Balaban J connectivity index is 0.878. The molecule has 0 amide bonds. The van der Waals surface area contributed by atoms with Gasteiger partial charge in [-0.1, -0.05) is 388 Å². The van der Waals surface area contributed by atoms with E-state index in [-0.39, 0.29) is 6.71 Å². The minimum atomic E-state index is -0.748. The van der Waals surface area contributed by atoms with E-state index in [9.17, 15) is 0 Å². The molecule has 0 fully saturated rings. The van der Waals surface area contributed by atoms with Crippen molar-refractivity contribution in [2.45, 2.75) is 10.8 Å². The molecule has 556 valence electrons. The third kappa shape index (κ3) is 9.70. The van der Waals surface area contributed by atoms with Crippen LogP contribution >= 0.6 is 0 Å². The molecule has 2 heterocycles. The second-order valence-electron chi connectivity index (χ2n) is 32.7. The van der Waals surface area contributed by atoms with E-state index in [0.717, 1.165) is 107 Å². The van der Waals surface area contributed by atoms with Crippen molar-refractivity contribution < 1.29 is 0 Å². The lowest BCUT2D eigenvalue weighted by Gasteiger charge is -2.47. The predicted molar refractivity (Wildman–Crippen MR) is 500 cm³/mol. The first-order valence-corrected chi connectivity index (χ1v) is 41.9. The number of hydrogen-bond acceptors (Lipinski definition) is 3. The molecule has 3 nitrogen and oxygen atoms in total. The first-order chi connectivity index (χ1) is 59.6. The number of hydrogen-bond donors (Lipinski definition) is 0. The first-order valence-electron chi connectivity index (χ1n) is 41.9. The lowest BCUT2D eigenvalue weighted by atomic mass is 9.33. The third-order valence-electron chi connectivity index (χ3n) is 26.9. The summed E-state index contributed by atoms with van der Waals surface area (Å²) in [6, 6.07) is 171. The molecule has 0 unspecified atom stereocenters. The Hall–Kier alpha value is -15.4. The molecule has 120 heavy (non-hydrogen) atoms. The monoisotopic (exact) mass is 1520 g/mol. The molecule has 2 aliphatic heterocycles. The second-order valence-corrected chi connectivity index (χ2v) is 32.7. The highest BCUT2D eigenvalue weighted by atomic mass is 15.2. The van der Waals surface area contributed by atoms with Crippen molar-refractivity contribution in [2.75, 3.05) is 14.7 Å². The van der Waals surface area contributed by atoms with E-state index >= 15 is 0 Å². The van der Waals surface area contributed by atoms with Crippen LogP contribution in [0.2, 0.25) is 0 Å². The molecule has 0 atom stereocenters. The molecule has 0 saturated heterocycles. The molecule has 0 saturated carbocycles. The molecule has 6 aliphatic rings. The van der Waals surface area contributed by atoms with Gasteiger partial charge >= 0.3 is 0 Å². The van der Waals surface area contributed by atoms with Crippen LogP contribution in [-0.4, -0.2) is 6.71 Å². The first kappa shape index (κ1) is 67.9. The second kappa shape index (κ2) is 26.6. The Morgan fingerprint density at radius 1 is 0.175 bits per heavy atom. The zero-order chi connectivity index (χ0) is 78.7. The number of anilines is 9. The SMILES string of the molecule is c1ccc(-c2ccc(N(c3ccc(-c4ccccc4)cc3)c3cc4c5c(c3)N(c3cccc6c3C3(c7ccccc7-c7ccccc73)c3ccccc3-6)c3cc(-c6ccccc6)c(-c6ccccc6)cc3B5c3cc(-c5ccccc5)c(-c5ccccc5)cc3N4c3cccc4c3C3(c5ccccc5-c5ccccc53)c3ccccc3-4)cc2)cc1. The van der Waals surface area contributed by atoms with Crippen LogP contribution in [0.1, 0.15) is 44.5 Å². The zero-order valence-corrected chi connectivity index (χ0v) is 65.6. The molecule has 0 N–H and O–H groups in total. The number of nitrogens with zero attached hydrogens (tertiary/aromatic N) is 3. The molecule has 19 aromatic carbocycles. The van der Waals surface area contributed by atoms with Crippen molar-refractivity contribution in [1.82, 2.24) is 0 Å². The summed E-state index contributed by atoms with van der Waals surface area (Å²) in [7, 11) is 0.